The van der Waals surface area contributed by atoms with Crippen molar-refractivity contribution in [3.63, 3.8) is 0 Å². The first kappa shape index (κ1) is 31.8. The summed E-state index contributed by atoms with van der Waals surface area (Å²) in [5.41, 5.74) is 4.71. The SMILES string of the molecule is C=C(C)NOc1c(C(C)=O)nc(CO[Si](c2ccccc2)(c2ccccc2)C(C)(C)C)c(N2CC(C)OC(C)C2)c1Cl. The molecule has 2 aromatic carbocycles. The van der Waals surface area contributed by atoms with Gasteiger partial charge in [-0.3, -0.25) is 4.79 Å². The number of benzene rings is 2. The Balaban J connectivity index is 1.91. The lowest BCUT2D eigenvalue weighted by Gasteiger charge is -2.43. The molecule has 1 N–H and O–H groups in total. The van der Waals surface area contributed by atoms with Crippen molar-refractivity contribution in [2.24, 2.45) is 0 Å². The molecule has 224 valence electrons. The highest BCUT2D eigenvalue weighted by atomic mass is 35.5. The molecule has 4 rings (SSSR count). The van der Waals surface area contributed by atoms with Gasteiger partial charge in [0.25, 0.3) is 8.32 Å². The molecule has 2 unspecified atom stereocenters. The number of nitrogens with one attached hydrogen (secondary N) is 1. The summed E-state index contributed by atoms with van der Waals surface area (Å²) in [5.74, 6) is -0.0967. The van der Waals surface area contributed by atoms with Crippen LogP contribution in [0.25, 0.3) is 0 Å². The van der Waals surface area contributed by atoms with E-state index in [0.29, 0.717) is 35.2 Å². The van der Waals surface area contributed by atoms with Crippen LogP contribution in [0.5, 0.6) is 5.75 Å². The normalized spacial score (nSPS) is 17.6. The van der Waals surface area contributed by atoms with Crippen molar-refractivity contribution in [3.05, 3.63) is 89.4 Å². The Morgan fingerprint density at radius 1 is 1.05 bits per heavy atom. The highest BCUT2D eigenvalue weighted by molar-refractivity contribution is 6.99. The van der Waals surface area contributed by atoms with Crippen molar-refractivity contribution < 1.29 is 18.8 Å². The van der Waals surface area contributed by atoms with Crippen LogP contribution >= 0.6 is 11.6 Å². The molecular formula is C33H42ClN3O4Si. The van der Waals surface area contributed by atoms with Crippen LogP contribution < -0.4 is 25.6 Å². The molecule has 0 radical (unpaired) electrons. The summed E-state index contributed by atoms with van der Waals surface area (Å²) < 4.78 is 13.3. The largest absolute Gasteiger partial charge is 0.401 e. The minimum atomic E-state index is -2.90. The molecule has 0 aliphatic carbocycles. The fraction of sp³-hybridized carbons (Fsp3) is 0.394. The van der Waals surface area contributed by atoms with Gasteiger partial charge in [-0.05, 0) is 36.2 Å². The van der Waals surface area contributed by atoms with E-state index in [1.807, 2.05) is 26.0 Å². The van der Waals surface area contributed by atoms with Crippen molar-refractivity contribution in [1.82, 2.24) is 10.5 Å². The number of nitrogens with zero attached hydrogens (tertiary/aromatic N) is 2. The van der Waals surface area contributed by atoms with Crippen molar-refractivity contribution >= 4 is 41.8 Å². The Labute approximate surface area is 255 Å². The van der Waals surface area contributed by atoms with Gasteiger partial charge in [0.1, 0.15) is 5.02 Å². The number of hydroxylamine groups is 1. The first-order valence-electron chi connectivity index (χ1n) is 14.3. The van der Waals surface area contributed by atoms with Crippen LogP contribution in [0.3, 0.4) is 0 Å². The quantitative estimate of drug-likeness (QED) is 0.171. The summed E-state index contributed by atoms with van der Waals surface area (Å²) in [6, 6.07) is 20.9. The minimum absolute atomic E-state index is 0.0272. The third-order valence-corrected chi connectivity index (χ3v) is 12.7. The van der Waals surface area contributed by atoms with Gasteiger partial charge in [-0.25, -0.2) is 10.5 Å². The van der Waals surface area contributed by atoms with Crippen LogP contribution in [0.2, 0.25) is 10.1 Å². The lowest BCUT2D eigenvalue weighted by atomic mass is 10.1. The molecule has 9 heteroatoms. The number of halogens is 1. The predicted octanol–water partition coefficient (Wildman–Crippen LogP) is 6.04. The van der Waals surface area contributed by atoms with E-state index < -0.39 is 8.32 Å². The van der Waals surface area contributed by atoms with E-state index in [1.54, 1.807) is 6.92 Å². The maximum atomic E-state index is 12.9. The molecule has 3 aromatic rings. The maximum absolute atomic E-state index is 12.9. The van der Waals surface area contributed by atoms with E-state index in [0.717, 1.165) is 10.4 Å². The molecule has 0 amide bonds. The summed E-state index contributed by atoms with van der Waals surface area (Å²) in [6.45, 7) is 19.2. The molecule has 2 heterocycles. The number of hydrogen-bond acceptors (Lipinski definition) is 7. The number of pyridine rings is 1. The maximum Gasteiger partial charge on any atom is 0.261 e. The number of Topliss-reactive ketones (excluding diaryl/α,β-unsaturated/α-hetero) is 1. The first-order chi connectivity index (χ1) is 19.8. The number of morpholine rings is 1. The second kappa shape index (κ2) is 13.0. The van der Waals surface area contributed by atoms with E-state index in [-0.39, 0.29) is 41.1 Å². The van der Waals surface area contributed by atoms with Gasteiger partial charge in [-0.15, -0.1) is 0 Å². The van der Waals surface area contributed by atoms with Gasteiger partial charge in [-0.1, -0.05) is 99.6 Å². The molecule has 0 spiro atoms. The van der Waals surface area contributed by atoms with Crippen LogP contribution in [0.15, 0.2) is 72.9 Å². The highest BCUT2D eigenvalue weighted by Gasteiger charge is 2.50. The number of anilines is 1. The zero-order valence-corrected chi connectivity index (χ0v) is 27.4. The van der Waals surface area contributed by atoms with Gasteiger partial charge >= 0.3 is 0 Å². The zero-order valence-electron chi connectivity index (χ0n) is 25.7. The second-order valence-corrected chi connectivity index (χ2v) is 16.7. The second-order valence-electron chi connectivity index (χ2n) is 12.1. The Kier molecular flexibility index (Phi) is 9.83. The predicted molar refractivity (Wildman–Crippen MR) is 172 cm³/mol. The number of hydrogen-bond donors (Lipinski definition) is 1. The van der Waals surface area contributed by atoms with Crippen LogP contribution in [-0.2, 0) is 15.8 Å². The van der Waals surface area contributed by atoms with Gasteiger partial charge in [0.05, 0.1) is 30.2 Å². The molecule has 1 saturated heterocycles. The number of rotatable bonds is 10. The average Bonchev–Trinajstić information content (AvgIpc) is 2.92. The van der Waals surface area contributed by atoms with Crippen LogP contribution in [0.1, 0.15) is 64.6 Å². The monoisotopic (exact) mass is 607 g/mol. The number of aromatic nitrogens is 1. The summed E-state index contributed by atoms with van der Waals surface area (Å²) >= 11 is 7.14. The van der Waals surface area contributed by atoms with Crippen LogP contribution in [0.4, 0.5) is 5.69 Å². The Morgan fingerprint density at radius 3 is 2.02 bits per heavy atom. The number of ketones is 1. The molecule has 0 saturated carbocycles. The topological polar surface area (TPSA) is 72.9 Å². The molecule has 1 aliphatic rings. The van der Waals surface area contributed by atoms with Gasteiger partial charge in [0.15, 0.2) is 11.5 Å². The summed E-state index contributed by atoms with van der Waals surface area (Å²) in [5, 5.41) is 2.37. The van der Waals surface area contributed by atoms with Crippen molar-refractivity contribution in [2.75, 3.05) is 18.0 Å². The van der Waals surface area contributed by atoms with Crippen LogP contribution in [-0.4, -0.2) is 44.4 Å². The Morgan fingerprint density at radius 2 is 1.57 bits per heavy atom. The zero-order chi connectivity index (χ0) is 30.7. The Hall–Kier alpha value is -3.17. The third-order valence-electron chi connectivity index (χ3n) is 7.38. The van der Waals surface area contributed by atoms with E-state index >= 15 is 0 Å². The van der Waals surface area contributed by atoms with Gasteiger partial charge in [0.2, 0.25) is 5.75 Å². The number of allylic oxidation sites excluding steroid dienone is 1. The molecular weight excluding hydrogens is 566 g/mol. The van der Waals surface area contributed by atoms with E-state index in [4.69, 9.17) is 30.6 Å². The van der Waals surface area contributed by atoms with E-state index in [1.165, 1.54) is 6.92 Å². The Bertz CT molecular complexity index is 1360. The average molecular weight is 608 g/mol. The van der Waals surface area contributed by atoms with Crippen molar-refractivity contribution in [3.8, 4) is 5.75 Å². The lowest BCUT2D eigenvalue weighted by Crippen LogP contribution is -2.66. The smallest absolute Gasteiger partial charge is 0.261 e. The fourth-order valence-electron chi connectivity index (χ4n) is 5.77. The fourth-order valence-corrected chi connectivity index (χ4v) is 10.6. The molecule has 1 aliphatic heterocycles. The van der Waals surface area contributed by atoms with Gasteiger partial charge in [-0.2, -0.15) is 0 Å². The third kappa shape index (κ3) is 6.57. The van der Waals surface area contributed by atoms with Crippen molar-refractivity contribution in [2.45, 2.75) is 72.3 Å². The number of ether oxygens (including phenoxy) is 1. The van der Waals surface area contributed by atoms with Crippen LogP contribution in [0, 0.1) is 0 Å². The van der Waals surface area contributed by atoms with Crippen molar-refractivity contribution in [1.29, 1.82) is 0 Å². The summed E-state index contributed by atoms with van der Waals surface area (Å²) in [6.07, 6.45) is -0.0543. The van der Waals surface area contributed by atoms with Gasteiger partial charge < -0.3 is 18.9 Å². The number of carbonyl (C=O) groups excluding carboxylic acids is 1. The molecule has 7 nitrogen and oxygen atoms in total. The highest BCUT2D eigenvalue weighted by Crippen LogP contribution is 2.42. The molecule has 1 fully saturated rings. The molecule has 2 atom stereocenters. The molecule has 42 heavy (non-hydrogen) atoms. The molecule has 1 aromatic heterocycles. The lowest BCUT2D eigenvalue weighted by molar-refractivity contribution is -0.00535. The van der Waals surface area contributed by atoms with Gasteiger partial charge in [0, 0.05) is 25.7 Å². The number of carbonyl (C=O) groups is 1. The van der Waals surface area contributed by atoms with E-state index in [9.17, 15) is 4.79 Å². The molecule has 0 bridgehead atoms. The standard InChI is InChI=1S/C33H42ClN3O4Si/c1-22(2)36-41-32-29(34)31(37-19-23(3)40-24(4)20-37)28(35-30(32)25(5)38)21-39-42(33(6,7)8,26-15-11-9-12-16-26)27-17-13-10-14-18-27/h9-18,23-24,36H,1,19-21H2,2-8H3. The minimum Gasteiger partial charge on any atom is -0.401 e. The summed E-state index contributed by atoms with van der Waals surface area (Å²) in [7, 11) is -2.90. The summed E-state index contributed by atoms with van der Waals surface area (Å²) in [4.78, 5) is 25.8. The van der Waals surface area contributed by atoms with E-state index in [2.05, 4.69) is 86.3 Å². The first-order valence-corrected chi connectivity index (χ1v) is 16.6.